The summed E-state index contributed by atoms with van der Waals surface area (Å²) in [5, 5.41) is 3.31. The third kappa shape index (κ3) is 1.48. The second kappa shape index (κ2) is 3.32. The molecule has 0 aromatic rings. The summed E-state index contributed by atoms with van der Waals surface area (Å²) < 4.78 is 5.00. The lowest BCUT2D eigenvalue weighted by Gasteiger charge is -2.15. The van der Waals surface area contributed by atoms with Gasteiger partial charge in [-0.1, -0.05) is 6.92 Å². The van der Waals surface area contributed by atoms with Gasteiger partial charge < -0.3 is 15.8 Å². The molecule has 0 aliphatic carbocycles. The highest BCUT2D eigenvalue weighted by atomic mass is 16.5. The van der Waals surface area contributed by atoms with Gasteiger partial charge in [0, 0.05) is 19.2 Å². The third-order valence-corrected chi connectivity index (χ3v) is 2.17. The Morgan fingerprint density at radius 1 is 1.70 bits per heavy atom. The molecule has 0 radical (unpaired) electrons. The van der Waals surface area contributed by atoms with E-state index in [2.05, 4.69) is 12.2 Å². The molecule has 3 nitrogen and oxygen atoms in total. The average molecular weight is 144 g/mol. The van der Waals surface area contributed by atoms with Crippen molar-refractivity contribution < 1.29 is 4.74 Å². The van der Waals surface area contributed by atoms with Crippen LogP contribution in [-0.2, 0) is 4.74 Å². The van der Waals surface area contributed by atoms with E-state index in [0.29, 0.717) is 12.0 Å². The second-order valence-electron chi connectivity index (χ2n) is 3.02. The molecule has 1 saturated heterocycles. The summed E-state index contributed by atoms with van der Waals surface area (Å²) in [7, 11) is 1.71. The zero-order valence-electron chi connectivity index (χ0n) is 6.63. The topological polar surface area (TPSA) is 47.3 Å². The number of methoxy groups -OCH3 is 1. The van der Waals surface area contributed by atoms with Gasteiger partial charge in [0.15, 0.2) is 0 Å². The summed E-state index contributed by atoms with van der Waals surface area (Å²) in [4.78, 5) is 0. The molecule has 1 aliphatic rings. The summed E-state index contributed by atoms with van der Waals surface area (Å²) >= 11 is 0. The zero-order chi connectivity index (χ0) is 7.56. The summed E-state index contributed by atoms with van der Waals surface area (Å²) in [6.45, 7) is 3.91. The molecule has 0 amide bonds. The molecule has 3 atom stereocenters. The van der Waals surface area contributed by atoms with E-state index in [4.69, 9.17) is 10.5 Å². The van der Waals surface area contributed by atoms with Crippen molar-refractivity contribution in [2.24, 2.45) is 11.7 Å². The first-order chi connectivity index (χ1) is 4.75. The van der Waals surface area contributed by atoms with Gasteiger partial charge in [-0.2, -0.15) is 0 Å². The van der Waals surface area contributed by atoms with Gasteiger partial charge in [0.2, 0.25) is 0 Å². The van der Waals surface area contributed by atoms with Crippen LogP contribution < -0.4 is 11.1 Å². The molecule has 3 heteroatoms. The van der Waals surface area contributed by atoms with Crippen LogP contribution in [0.4, 0.5) is 0 Å². The van der Waals surface area contributed by atoms with Crippen LogP contribution in [0.15, 0.2) is 0 Å². The number of nitrogens with one attached hydrogen (secondary N) is 1. The summed E-state index contributed by atoms with van der Waals surface area (Å²) in [6, 6.07) is 0.625. The summed E-state index contributed by atoms with van der Waals surface area (Å²) in [5.41, 5.74) is 5.87. The predicted octanol–water partition coefficient (Wildman–Crippen LogP) is -0.432. The van der Waals surface area contributed by atoms with E-state index in [1.54, 1.807) is 7.11 Å². The number of ether oxygens (including phenoxy) is 1. The Kier molecular flexibility index (Phi) is 2.65. The molecular weight excluding hydrogens is 128 g/mol. The first-order valence-corrected chi connectivity index (χ1v) is 3.73. The van der Waals surface area contributed by atoms with Crippen molar-refractivity contribution in [3.63, 3.8) is 0 Å². The summed E-state index contributed by atoms with van der Waals surface area (Å²) in [6.07, 6.45) is 0. The lowest BCUT2D eigenvalue weighted by Crippen LogP contribution is -2.41. The maximum absolute atomic E-state index is 5.87. The van der Waals surface area contributed by atoms with Crippen LogP contribution >= 0.6 is 0 Å². The van der Waals surface area contributed by atoms with Gasteiger partial charge >= 0.3 is 0 Å². The van der Waals surface area contributed by atoms with Crippen molar-refractivity contribution in [2.45, 2.75) is 19.0 Å². The summed E-state index contributed by atoms with van der Waals surface area (Å²) in [5.74, 6) is 0.583. The van der Waals surface area contributed by atoms with Crippen LogP contribution in [0.5, 0.6) is 0 Å². The molecule has 0 spiro atoms. The molecule has 60 valence electrons. The van der Waals surface area contributed by atoms with Crippen molar-refractivity contribution >= 4 is 0 Å². The van der Waals surface area contributed by atoms with Gasteiger partial charge in [-0.05, 0) is 12.5 Å². The minimum atomic E-state index is 0.264. The molecule has 0 saturated carbocycles. The standard InChI is InChI=1S/C7H16N2O/c1-5-3-9-6(4-10-2)7(5)8/h5-7,9H,3-4,8H2,1-2H3. The van der Waals surface area contributed by atoms with Gasteiger partial charge in [0.05, 0.1) is 6.61 Å². The van der Waals surface area contributed by atoms with Gasteiger partial charge in [-0.25, -0.2) is 0 Å². The molecule has 0 aromatic carbocycles. The van der Waals surface area contributed by atoms with E-state index in [1.165, 1.54) is 0 Å². The number of hydrogen-bond acceptors (Lipinski definition) is 3. The fourth-order valence-corrected chi connectivity index (χ4v) is 1.36. The SMILES string of the molecule is COCC1NCC(C)C1N. The van der Waals surface area contributed by atoms with Crippen molar-refractivity contribution in [3.05, 3.63) is 0 Å². The van der Waals surface area contributed by atoms with E-state index in [0.717, 1.165) is 13.2 Å². The highest BCUT2D eigenvalue weighted by molar-refractivity contribution is 4.90. The van der Waals surface area contributed by atoms with Crippen molar-refractivity contribution in [3.8, 4) is 0 Å². The minimum Gasteiger partial charge on any atom is -0.383 e. The molecule has 1 rings (SSSR count). The lowest BCUT2D eigenvalue weighted by molar-refractivity contribution is 0.166. The van der Waals surface area contributed by atoms with Crippen LogP contribution in [0.3, 0.4) is 0 Å². The van der Waals surface area contributed by atoms with E-state index in [1.807, 2.05) is 0 Å². The first kappa shape index (κ1) is 7.98. The maximum Gasteiger partial charge on any atom is 0.0631 e. The van der Waals surface area contributed by atoms with Gasteiger partial charge in [0.1, 0.15) is 0 Å². The largest absolute Gasteiger partial charge is 0.383 e. The zero-order valence-corrected chi connectivity index (χ0v) is 6.63. The Morgan fingerprint density at radius 2 is 2.40 bits per heavy atom. The van der Waals surface area contributed by atoms with Crippen LogP contribution in [0.25, 0.3) is 0 Å². The number of hydrogen-bond donors (Lipinski definition) is 2. The fourth-order valence-electron chi connectivity index (χ4n) is 1.36. The van der Waals surface area contributed by atoms with Crippen LogP contribution in [-0.4, -0.2) is 32.3 Å². The smallest absolute Gasteiger partial charge is 0.0631 e. The first-order valence-electron chi connectivity index (χ1n) is 3.73. The van der Waals surface area contributed by atoms with Gasteiger partial charge in [-0.15, -0.1) is 0 Å². The van der Waals surface area contributed by atoms with Crippen LogP contribution in [0.2, 0.25) is 0 Å². The molecule has 1 fully saturated rings. The van der Waals surface area contributed by atoms with Crippen LogP contribution in [0.1, 0.15) is 6.92 Å². The Hall–Kier alpha value is -0.120. The number of rotatable bonds is 2. The van der Waals surface area contributed by atoms with Gasteiger partial charge in [-0.3, -0.25) is 0 Å². The fraction of sp³-hybridized carbons (Fsp3) is 1.00. The van der Waals surface area contributed by atoms with Gasteiger partial charge in [0.25, 0.3) is 0 Å². The highest BCUT2D eigenvalue weighted by Crippen LogP contribution is 2.11. The molecular formula is C7H16N2O. The molecule has 3 unspecified atom stereocenters. The molecule has 3 N–H and O–H groups in total. The van der Waals surface area contributed by atoms with E-state index >= 15 is 0 Å². The monoisotopic (exact) mass is 144 g/mol. The molecule has 1 heterocycles. The molecule has 10 heavy (non-hydrogen) atoms. The second-order valence-corrected chi connectivity index (χ2v) is 3.02. The Balaban J connectivity index is 2.33. The van der Waals surface area contributed by atoms with E-state index in [-0.39, 0.29) is 6.04 Å². The Labute approximate surface area is 61.9 Å². The Morgan fingerprint density at radius 3 is 2.80 bits per heavy atom. The average Bonchev–Trinajstić information content (AvgIpc) is 2.20. The molecule has 1 aliphatic heterocycles. The van der Waals surface area contributed by atoms with E-state index in [9.17, 15) is 0 Å². The maximum atomic E-state index is 5.87. The normalized spacial score (nSPS) is 40.5. The van der Waals surface area contributed by atoms with E-state index < -0.39 is 0 Å². The minimum absolute atomic E-state index is 0.264. The quantitative estimate of drug-likeness (QED) is 0.553. The van der Waals surface area contributed by atoms with Crippen molar-refractivity contribution in [1.29, 1.82) is 0 Å². The van der Waals surface area contributed by atoms with Crippen LogP contribution in [0, 0.1) is 5.92 Å². The Bertz CT molecular complexity index is 106. The number of nitrogens with two attached hydrogens (primary N) is 1. The molecule has 0 bridgehead atoms. The van der Waals surface area contributed by atoms with Crippen molar-refractivity contribution in [2.75, 3.05) is 20.3 Å². The third-order valence-electron chi connectivity index (χ3n) is 2.17. The van der Waals surface area contributed by atoms with Crippen molar-refractivity contribution in [1.82, 2.24) is 5.32 Å². The predicted molar refractivity (Wildman–Crippen MR) is 40.8 cm³/mol. The molecule has 0 aromatic heterocycles. The lowest BCUT2D eigenvalue weighted by atomic mass is 10.0. The highest BCUT2D eigenvalue weighted by Gasteiger charge is 2.29.